The van der Waals surface area contributed by atoms with Crippen LogP contribution in [-0.4, -0.2) is 16.2 Å². The van der Waals surface area contributed by atoms with E-state index in [1.807, 2.05) is 54.7 Å². The summed E-state index contributed by atoms with van der Waals surface area (Å²) in [5.41, 5.74) is 3.25. The predicted octanol–water partition coefficient (Wildman–Crippen LogP) is 4.14. The molecule has 1 aromatic heterocycles. The number of benzene rings is 2. The minimum absolute atomic E-state index is 0.398. The lowest BCUT2D eigenvalue weighted by Gasteiger charge is -2.12. The molecule has 0 aliphatic rings. The van der Waals surface area contributed by atoms with Crippen LogP contribution in [0.4, 0.5) is 0 Å². The third kappa shape index (κ3) is 3.49. The highest BCUT2D eigenvalue weighted by molar-refractivity contribution is 9.10. The van der Waals surface area contributed by atoms with E-state index in [0.29, 0.717) is 12.8 Å². The van der Waals surface area contributed by atoms with Crippen LogP contribution in [0.25, 0.3) is 10.9 Å². The molecule has 2 nitrogen and oxygen atoms in total. The van der Waals surface area contributed by atoms with Gasteiger partial charge in [-0.15, -0.1) is 0 Å². The van der Waals surface area contributed by atoms with Crippen molar-refractivity contribution in [1.82, 2.24) is 4.98 Å². The van der Waals surface area contributed by atoms with Crippen molar-refractivity contribution in [2.24, 2.45) is 0 Å². The maximum Gasteiger partial charge on any atom is 0.0704 e. The standard InChI is InChI=1S/C18H16BrNO/c19-15-5-3-4-13(10-15)11-16(21)12-14-8-9-20-18-7-2-1-6-17(14)18/h1-10,16,21H,11-12H2. The van der Waals surface area contributed by atoms with Crippen LogP contribution < -0.4 is 0 Å². The molecule has 0 aliphatic carbocycles. The first kappa shape index (κ1) is 14.2. The van der Waals surface area contributed by atoms with Gasteiger partial charge in [0.25, 0.3) is 0 Å². The third-order valence-corrected chi connectivity index (χ3v) is 4.05. The molecule has 0 bridgehead atoms. The van der Waals surface area contributed by atoms with Crippen molar-refractivity contribution in [2.75, 3.05) is 0 Å². The molecule has 0 saturated carbocycles. The summed E-state index contributed by atoms with van der Waals surface area (Å²) in [5, 5.41) is 11.5. The van der Waals surface area contributed by atoms with Gasteiger partial charge in [0.05, 0.1) is 11.6 Å². The van der Waals surface area contributed by atoms with E-state index in [2.05, 4.69) is 27.0 Å². The second-order valence-corrected chi connectivity index (χ2v) is 6.09. The summed E-state index contributed by atoms with van der Waals surface area (Å²) in [6.45, 7) is 0. The normalized spacial score (nSPS) is 12.5. The molecule has 0 spiro atoms. The fourth-order valence-corrected chi connectivity index (χ4v) is 3.04. The molecular formula is C18H16BrNO. The zero-order valence-corrected chi connectivity index (χ0v) is 13.1. The number of rotatable bonds is 4. The lowest BCUT2D eigenvalue weighted by Crippen LogP contribution is -2.14. The second-order valence-electron chi connectivity index (χ2n) is 5.18. The molecule has 0 aliphatic heterocycles. The largest absolute Gasteiger partial charge is 0.392 e. The Bertz CT molecular complexity index is 752. The Morgan fingerprint density at radius 2 is 1.86 bits per heavy atom. The number of aromatic nitrogens is 1. The molecular weight excluding hydrogens is 326 g/mol. The SMILES string of the molecule is OC(Cc1cccc(Br)c1)Cc1ccnc2ccccc12. The number of hydrogen-bond acceptors (Lipinski definition) is 2. The maximum atomic E-state index is 10.4. The van der Waals surface area contributed by atoms with Gasteiger partial charge < -0.3 is 5.11 Å². The number of aliphatic hydroxyl groups excluding tert-OH is 1. The highest BCUT2D eigenvalue weighted by Gasteiger charge is 2.10. The smallest absolute Gasteiger partial charge is 0.0704 e. The summed E-state index contributed by atoms with van der Waals surface area (Å²) >= 11 is 3.46. The fraction of sp³-hybridized carbons (Fsp3) is 0.167. The van der Waals surface area contributed by atoms with E-state index in [-0.39, 0.29) is 0 Å². The van der Waals surface area contributed by atoms with Crippen LogP contribution in [0.1, 0.15) is 11.1 Å². The molecule has 1 atom stereocenters. The first-order valence-electron chi connectivity index (χ1n) is 6.97. The lowest BCUT2D eigenvalue weighted by molar-refractivity contribution is 0.176. The number of halogens is 1. The highest BCUT2D eigenvalue weighted by Crippen LogP contribution is 2.19. The Balaban J connectivity index is 1.79. The summed E-state index contributed by atoms with van der Waals surface area (Å²) in [4.78, 5) is 4.36. The van der Waals surface area contributed by atoms with Gasteiger partial charge in [0.15, 0.2) is 0 Å². The molecule has 0 fully saturated rings. The summed E-state index contributed by atoms with van der Waals surface area (Å²) < 4.78 is 1.04. The average molecular weight is 342 g/mol. The second kappa shape index (κ2) is 6.37. The summed E-state index contributed by atoms with van der Waals surface area (Å²) in [5.74, 6) is 0. The fourth-order valence-electron chi connectivity index (χ4n) is 2.60. The number of para-hydroxylation sites is 1. The molecule has 2 aromatic carbocycles. The molecule has 1 unspecified atom stereocenters. The third-order valence-electron chi connectivity index (χ3n) is 3.56. The van der Waals surface area contributed by atoms with E-state index in [1.165, 1.54) is 0 Å². The number of nitrogens with zero attached hydrogens (tertiary/aromatic N) is 1. The Morgan fingerprint density at radius 1 is 1.00 bits per heavy atom. The Labute approximate surface area is 132 Å². The average Bonchev–Trinajstić information content (AvgIpc) is 2.47. The zero-order valence-electron chi connectivity index (χ0n) is 11.5. The van der Waals surface area contributed by atoms with E-state index in [9.17, 15) is 5.11 Å². The van der Waals surface area contributed by atoms with E-state index in [4.69, 9.17) is 0 Å². The van der Waals surface area contributed by atoms with Gasteiger partial charge in [-0.05, 0) is 48.2 Å². The monoisotopic (exact) mass is 341 g/mol. The molecule has 3 heteroatoms. The maximum absolute atomic E-state index is 10.4. The van der Waals surface area contributed by atoms with Gasteiger partial charge in [-0.2, -0.15) is 0 Å². The van der Waals surface area contributed by atoms with Crippen molar-refractivity contribution in [3.8, 4) is 0 Å². The van der Waals surface area contributed by atoms with Gasteiger partial charge in [-0.3, -0.25) is 4.98 Å². The van der Waals surface area contributed by atoms with Crippen molar-refractivity contribution in [3.05, 3.63) is 76.4 Å². The van der Waals surface area contributed by atoms with Crippen LogP contribution in [0.3, 0.4) is 0 Å². The van der Waals surface area contributed by atoms with E-state index in [0.717, 1.165) is 26.5 Å². The molecule has 1 heterocycles. The van der Waals surface area contributed by atoms with Crippen LogP contribution in [-0.2, 0) is 12.8 Å². The summed E-state index contributed by atoms with van der Waals surface area (Å²) in [7, 11) is 0. The van der Waals surface area contributed by atoms with Crippen LogP contribution in [0.5, 0.6) is 0 Å². The quantitative estimate of drug-likeness (QED) is 0.773. The summed E-state index contributed by atoms with van der Waals surface area (Å²) in [6, 6.07) is 18.1. The van der Waals surface area contributed by atoms with Gasteiger partial charge in [0, 0.05) is 16.1 Å². The number of hydrogen-bond donors (Lipinski definition) is 1. The zero-order chi connectivity index (χ0) is 14.7. The molecule has 1 N–H and O–H groups in total. The molecule has 0 radical (unpaired) electrons. The first-order valence-corrected chi connectivity index (χ1v) is 7.77. The van der Waals surface area contributed by atoms with Crippen LogP contribution in [0.2, 0.25) is 0 Å². The van der Waals surface area contributed by atoms with E-state index >= 15 is 0 Å². The molecule has 21 heavy (non-hydrogen) atoms. The molecule has 106 valence electrons. The van der Waals surface area contributed by atoms with Crippen molar-refractivity contribution in [2.45, 2.75) is 18.9 Å². The topological polar surface area (TPSA) is 33.1 Å². The van der Waals surface area contributed by atoms with Crippen LogP contribution in [0, 0.1) is 0 Å². The number of aliphatic hydroxyl groups is 1. The van der Waals surface area contributed by atoms with Gasteiger partial charge in [-0.25, -0.2) is 0 Å². The van der Waals surface area contributed by atoms with Gasteiger partial charge in [0.1, 0.15) is 0 Å². The highest BCUT2D eigenvalue weighted by atomic mass is 79.9. The van der Waals surface area contributed by atoms with E-state index < -0.39 is 6.10 Å². The van der Waals surface area contributed by atoms with Crippen molar-refractivity contribution in [3.63, 3.8) is 0 Å². The van der Waals surface area contributed by atoms with Crippen LogP contribution in [0.15, 0.2) is 65.3 Å². The Hall–Kier alpha value is -1.71. The van der Waals surface area contributed by atoms with Gasteiger partial charge in [-0.1, -0.05) is 46.3 Å². The minimum Gasteiger partial charge on any atom is -0.392 e. The molecule has 3 rings (SSSR count). The number of fused-ring (bicyclic) bond motifs is 1. The molecule has 0 amide bonds. The minimum atomic E-state index is -0.398. The van der Waals surface area contributed by atoms with Gasteiger partial charge in [0.2, 0.25) is 0 Å². The first-order chi connectivity index (χ1) is 10.2. The Morgan fingerprint density at radius 3 is 2.71 bits per heavy atom. The predicted molar refractivity (Wildman–Crippen MR) is 89.3 cm³/mol. The number of pyridine rings is 1. The van der Waals surface area contributed by atoms with Crippen molar-refractivity contribution in [1.29, 1.82) is 0 Å². The van der Waals surface area contributed by atoms with Gasteiger partial charge >= 0.3 is 0 Å². The summed E-state index contributed by atoms with van der Waals surface area (Å²) in [6.07, 6.45) is 2.69. The molecule has 0 saturated heterocycles. The van der Waals surface area contributed by atoms with Crippen molar-refractivity contribution < 1.29 is 5.11 Å². The van der Waals surface area contributed by atoms with Crippen molar-refractivity contribution >= 4 is 26.8 Å². The van der Waals surface area contributed by atoms with E-state index in [1.54, 1.807) is 0 Å². The Kier molecular flexibility index (Phi) is 4.32. The molecule has 3 aromatic rings. The lowest BCUT2D eigenvalue weighted by atomic mass is 9.99. The van der Waals surface area contributed by atoms with Crippen LogP contribution >= 0.6 is 15.9 Å².